The molecule has 0 spiro atoms. The number of carbonyl (C=O) groups is 1. The van der Waals surface area contributed by atoms with Crippen LogP contribution < -0.4 is 9.47 Å². The molecule has 0 amide bonds. The third-order valence-corrected chi connectivity index (χ3v) is 4.56. The molecule has 0 aromatic heterocycles. The summed E-state index contributed by atoms with van der Waals surface area (Å²) in [5.41, 5.74) is 0. The van der Waals surface area contributed by atoms with Crippen molar-refractivity contribution >= 4 is 5.97 Å². The summed E-state index contributed by atoms with van der Waals surface area (Å²) in [6, 6.07) is 9.44. The van der Waals surface area contributed by atoms with Crippen LogP contribution in [0.2, 0.25) is 0 Å². The SMILES string of the molecule is O=C(CCOCCOCCOCCOCCOCCOc1ccccc1)Oc1c(F)c(F)c(F)c(F)c1F. The van der Waals surface area contributed by atoms with E-state index in [1.165, 1.54) is 0 Å². The zero-order valence-corrected chi connectivity index (χ0v) is 20.5. The number of carbonyl (C=O) groups excluding carboxylic acids is 1. The number of rotatable bonds is 20. The van der Waals surface area contributed by atoms with Crippen molar-refractivity contribution in [2.75, 3.05) is 72.7 Å². The molecule has 0 fully saturated rings. The van der Waals surface area contributed by atoms with Crippen LogP contribution in [0.3, 0.4) is 0 Å². The smallest absolute Gasteiger partial charge is 0.313 e. The standard InChI is InChI=1S/C25H29F5O8/c26-20-21(27)23(29)25(24(30)22(20)28)38-19(31)6-7-32-8-9-33-10-11-34-12-13-35-14-15-36-16-17-37-18-4-2-1-3-5-18/h1-5H,6-17H2. The van der Waals surface area contributed by atoms with Crippen molar-refractivity contribution in [3.8, 4) is 11.5 Å². The van der Waals surface area contributed by atoms with Crippen LogP contribution in [0.15, 0.2) is 30.3 Å². The number of hydrogen-bond acceptors (Lipinski definition) is 8. The highest BCUT2D eigenvalue weighted by atomic mass is 19.2. The molecule has 13 heteroatoms. The Kier molecular flexibility index (Phi) is 15.2. The number of hydrogen-bond donors (Lipinski definition) is 0. The first-order chi connectivity index (χ1) is 18.4. The first-order valence-electron chi connectivity index (χ1n) is 11.7. The quantitative estimate of drug-likeness (QED) is 0.0613. The van der Waals surface area contributed by atoms with Crippen molar-refractivity contribution in [1.82, 2.24) is 0 Å². The number of halogens is 5. The van der Waals surface area contributed by atoms with Crippen LogP contribution in [0.1, 0.15) is 6.42 Å². The molecule has 8 nitrogen and oxygen atoms in total. The molecule has 0 heterocycles. The van der Waals surface area contributed by atoms with Gasteiger partial charge in [0.05, 0.1) is 72.5 Å². The van der Waals surface area contributed by atoms with Gasteiger partial charge in [-0.1, -0.05) is 18.2 Å². The number of para-hydroxylation sites is 1. The Labute approximate surface area is 216 Å². The first-order valence-corrected chi connectivity index (χ1v) is 11.7. The lowest BCUT2D eigenvalue weighted by Crippen LogP contribution is -2.16. The third kappa shape index (κ3) is 11.7. The maximum absolute atomic E-state index is 13.5. The van der Waals surface area contributed by atoms with Gasteiger partial charge in [-0.05, 0) is 12.1 Å². The Bertz CT molecular complexity index is 936. The summed E-state index contributed by atoms with van der Waals surface area (Å²) in [5.74, 6) is -13.3. The fourth-order valence-electron chi connectivity index (χ4n) is 2.71. The molecule has 0 aliphatic rings. The fraction of sp³-hybridized carbons (Fsp3) is 0.480. The van der Waals surface area contributed by atoms with Crippen LogP contribution in [0, 0.1) is 29.1 Å². The molecule has 0 atom stereocenters. The minimum Gasteiger partial charge on any atom is -0.491 e. The topological polar surface area (TPSA) is 81.7 Å². The molecule has 0 aliphatic heterocycles. The van der Waals surface area contributed by atoms with E-state index in [4.69, 9.17) is 28.4 Å². The molecule has 38 heavy (non-hydrogen) atoms. The lowest BCUT2D eigenvalue weighted by atomic mass is 10.2. The molecule has 212 valence electrons. The highest BCUT2D eigenvalue weighted by Crippen LogP contribution is 2.29. The van der Waals surface area contributed by atoms with Gasteiger partial charge in [-0.3, -0.25) is 4.79 Å². The van der Waals surface area contributed by atoms with E-state index in [0.717, 1.165) is 5.75 Å². The Balaban J connectivity index is 1.35. The van der Waals surface area contributed by atoms with Crippen LogP contribution in [0.5, 0.6) is 11.5 Å². The van der Waals surface area contributed by atoms with Gasteiger partial charge in [-0.15, -0.1) is 0 Å². The van der Waals surface area contributed by atoms with Crippen molar-refractivity contribution in [3.05, 3.63) is 59.4 Å². The summed E-state index contributed by atoms with van der Waals surface area (Å²) in [6.45, 7) is 3.22. The van der Waals surface area contributed by atoms with Crippen molar-refractivity contribution in [3.63, 3.8) is 0 Å². The summed E-state index contributed by atoms with van der Waals surface area (Å²) in [6.07, 6.45) is -0.477. The van der Waals surface area contributed by atoms with Crippen molar-refractivity contribution in [1.29, 1.82) is 0 Å². The molecule has 0 unspecified atom stereocenters. The van der Waals surface area contributed by atoms with Crippen molar-refractivity contribution < 1.29 is 59.9 Å². The first kappa shape index (κ1) is 31.4. The molecule has 0 aliphatic carbocycles. The second kappa shape index (κ2) is 18.4. The summed E-state index contributed by atoms with van der Waals surface area (Å²) in [7, 11) is 0. The van der Waals surface area contributed by atoms with Gasteiger partial charge >= 0.3 is 5.97 Å². The molecule has 0 saturated carbocycles. The summed E-state index contributed by atoms with van der Waals surface area (Å²) in [5, 5.41) is 0. The van der Waals surface area contributed by atoms with Gasteiger partial charge in [0, 0.05) is 0 Å². The van der Waals surface area contributed by atoms with E-state index in [0.29, 0.717) is 46.2 Å². The summed E-state index contributed by atoms with van der Waals surface area (Å²) >= 11 is 0. The maximum Gasteiger partial charge on any atom is 0.313 e. The Morgan fingerprint density at radius 3 is 1.39 bits per heavy atom. The number of benzene rings is 2. The zero-order chi connectivity index (χ0) is 27.6. The average Bonchev–Trinajstić information content (AvgIpc) is 2.93. The molecular formula is C25H29F5O8. The zero-order valence-electron chi connectivity index (χ0n) is 20.5. The van der Waals surface area contributed by atoms with E-state index in [1.807, 2.05) is 30.3 Å². The molecule has 2 aromatic rings. The second-order valence-electron chi connectivity index (χ2n) is 7.35. The third-order valence-electron chi connectivity index (χ3n) is 4.56. The van der Waals surface area contributed by atoms with Gasteiger partial charge in [-0.25, -0.2) is 13.2 Å². The minimum atomic E-state index is -2.34. The van der Waals surface area contributed by atoms with Crippen molar-refractivity contribution in [2.24, 2.45) is 0 Å². The predicted molar refractivity (Wildman–Crippen MR) is 123 cm³/mol. The Hall–Kier alpha value is -2.84. The van der Waals surface area contributed by atoms with Crippen molar-refractivity contribution in [2.45, 2.75) is 6.42 Å². The lowest BCUT2D eigenvalue weighted by molar-refractivity contribution is -0.136. The van der Waals surface area contributed by atoms with Gasteiger partial charge < -0.3 is 33.2 Å². The summed E-state index contributed by atoms with van der Waals surface area (Å²) in [4.78, 5) is 11.6. The van der Waals surface area contributed by atoms with E-state index in [2.05, 4.69) is 4.74 Å². The minimum absolute atomic E-state index is 0.0926. The van der Waals surface area contributed by atoms with Gasteiger partial charge in [0.2, 0.25) is 34.8 Å². The van der Waals surface area contributed by atoms with Gasteiger partial charge in [0.1, 0.15) is 12.4 Å². The highest BCUT2D eigenvalue weighted by Gasteiger charge is 2.28. The molecule has 0 saturated heterocycles. The van der Waals surface area contributed by atoms with Crippen LogP contribution in [0.4, 0.5) is 22.0 Å². The van der Waals surface area contributed by atoms with Crippen LogP contribution in [-0.4, -0.2) is 78.6 Å². The van der Waals surface area contributed by atoms with E-state index >= 15 is 0 Å². The maximum atomic E-state index is 13.5. The molecule has 0 N–H and O–H groups in total. The lowest BCUT2D eigenvalue weighted by Gasteiger charge is -2.09. The molecular weight excluding hydrogens is 523 g/mol. The van der Waals surface area contributed by atoms with Gasteiger partial charge in [0.25, 0.3) is 0 Å². The molecule has 2 aromatic carbocycles. The van der Waals surface area contributed by atoms with Crippen LogP contribution in [0.25, 0.3) is 0 Å². The Morgan fingerprint density at radius 1 is 0.526 bits per heavy atom. The predicted octanol–water partition coefficient (Wildman–Crippen LogP) is 3.84. The van der Waals surface area contributed by atoms with E-state index < -0.39 is 47.2 Å². The van der Waals surface area contributed by atoms with Gasteiger partial charge in [-0.2, -0.15) is 8.78 Å². The number of ether oxygens (including phenoxy) is 7. The van der Waals surface area contributed by atoms with E-state index in [1.54, 1.807) is 0 Å². The molecule has 2 rings (SSSR count). The molecule has 0 radical (unpaired) electrons. The monoisotopic (exact) mass is 552 g/mol. The average molecular weight is 552 g/mol. The van der Waals surface area contributed by atoms with E-state index in [9.17, 15) is 26.7 Å². The number of esters is 1. The summed E-state index contributed by atoms with van der Waals surface area (Å²) < 4.78 is 102. The van der Waals surface area contributed by atoms with Gasteiger partial charge in [0.15, 0.2) is 0 Å². The highest BCUT2D eigenvalue weighted by molar-refractivity contribution is 5.72. The van der Waals surface area contributed by atoms with Crippen LogP contribution in [-0.2, 0) is 28.5 Å². The van der Waals surface area contributed by atoms with E-state index in [-0.39, 0.29) is 26.4 Å². The van der Waals surface area contributed by atoms with Crippen LogP contribution >= 0.6 is 0 Å². The Morgan fingerprint density at radius 2 is 0.921 bits per heavy atom. The fourth-order valence-corrected chi connectivity index (χ4v) is 2.71. The largest absolute Gasteiger partial charge is 0.491 e. The normalized spacial score (nSPS) is 11.1. The second-order valence-corrected chi connectivity index (χ2v) is 7.35. The molecule has 0 bridgehead atoms.